The van der Waals surface area contributed by atoms with Crippen molar-refractivity contribution in [2.24, 2.45) is 0 Å². The summed E-state index contributed by atoms with van der Waals surface area (Å²) < 4.78 is 36.9. The van der Waals surface area contributed by atoms with Crippen LogP contribution in [0, 0.1) is 0 Å². The molecule has 0 unspecified atom stereocenters. The molecule has 2 amide bonds. The number of methoxy groups -OCH3 is 2. The second-order valence-corrected chi connectivity index (χ2v) is 9.04. The number of benzene rings is 2. The lowest BCUT2D eigenvalue weighted by Crippen LogP contribution is -2.35. The molecule has 0 radical (unpaired) electrons. The Morgan fingerprint density at radius 3 is 2.29 bits per heavy atom. The minimum Gasteiger partial charge on any atom is -0.493 e. The molecule has 0 aliphatic heterocycles. The number of ether oxygens (including phenoxy) is 2. The molecule has 2 N–H and O–H groups in total. The summed E-state index contributed by atoms with van der Waals surface area (Å²) in [7, 11) is 0.173. The monoisotopic (exact) mass is 449 g/mol. The average Bonchev–Trinajstić information content (AvgIpc) is 2.72. The molecule has 0 bridgehead atoms. The van der Waals surface area contributed by atoms with E-state index in [2.05, 4.69) is 10.6 Å². The molecule has 0 aliphatic carbocycles. The number of likely N-dealkylation sites (N-methyl/N-ethyl adjacent to an activating group) is 1. The quantitative estimate of drug-likeness (QED) is 0.606. The second kappa shape index (κ2) is 10.3. The molecule has 31 heavy (non-hydrogen) atoms. The fraction of sp³-hybridized carbons (Fsp3) is 0.333. The van der Waals surface area contributed by atoms with Crippen LogP contribution in [0.1, 0.15) is 24.2 Å². The number of rotatable bonds is 9. The zero-order valence-corrected chi connectivity index (χ0v) is 18.9. The summed E-state index contributed by atoms with van der Waals surface area (Å²) in [5.74, 6) is -0.279. The summed E-state index contributed by atoms with van der Waals surface area (Å²) in [6, 6.07) is 10.6. The Labute approximate surface area is 182 Å². The van der Waals surface area contributed by atoms with E-state index in [-0.39, 0.29) is 28.2 Å². The van der Waals surface area contributed by atoms with Crippen LogP contribution in [0.2, 0.25) is 0 Å². The second-order valence-electron chi connectivity index (χ2n) is 7.00. The summed E-state index contributed by atoms with van der Waals surface area (Å²) in [5.41, 5.74) is 0.581. The zero-order valence-electron chi connectivity index (χ0n) is 18.1. The Hall–Kier alpha value is -3.11. The van der Waals surface area contributed by atoms with E-state index < -0.39 is 22.5 Å². The summed E-state index contributed by atoms with van der Waals surface area (Å²) >= 11 is 0. The molecule has 9 nitrogen and oxygen atoms in total. The normalized spacial score (nSPS) is 11.3. The highest BCUT2D eigenvalue weighted by atomic mass is 32.2. The van der Waals surface area contributed by atoms with Crippen molar-refractivity contribution >= 4 is 27.5 Å². The van der Waals surface area contributed by atoms with Gasteiger partial charge < -0.3 is 20.1 Å². The summed E-state index contributed by atoms with van der Waals surface area (Å²) in [5, 5.41) is 5.37. The third-order valence-electron chi connectivity index (χ3n) is 4.30. The van der Waals surface area contributed by atoms with Crippen molar-refractivity contribution in [2.75, 3.05) is 33.1 Å². The highest BCUT2D eigenvalue weighted by molar-refractivity contribution is 7.89. The number of hydrogen-bond acceptors (Lipinski definition) is 6. The van der Waals surface area contributed by atoms with E-state index >= 15 is 0 Å². The number of nitrogens with zero attached hydrogens (tertiary/aromatic N) is 1. The molecule has 0 atom stereocenters. The van der Waals surface area contributed by atoms with Crippen molar-refractivity contribution in [1.82, 2.24) is 9.62 Å². The Balaban J connectivity index is 2.17. The highest BCUT2D eigenvalue weighted by Gasteiger charge is 2.25. The Kier molecular flexibility index (Phi) is 8.01. The number of para-hydroxylation sites is 1. The summed E-state index contributed by atoms with van der Waals surface area (Å²) in [6.07, 6.45) is 0. The molecule has 10 heteroatoms. The van der Waals surface area contributed by atoms with Crippen LogP contribution in [0.3, 0.4) is 0 Å². The minimum absolute atomic E-state index is 0.0443. The van der Waals surface area contributed by atoms with Gasteiger partial charge in [-0.2, -0.15) is 4.31 Å². The van der Waals surface area contributed by atoms with E-state index in [9.17, 15) is 18.0 Å². The molecule has 0 saturated heterocycles. The molecule has 0 saturated carbocycles. The van der Waals surface area contributed by atoms with E-state index in [0.29, 0.717) is 11.4 Å². The summed E-state index contributed by atoms with van der Waals surface area (Å²) in [4.78, 5) is 24.8. The van der Waals surface area contributed by atoms with Gasteiger partial charge in [-0.05, 0) is 38.1 Å². The maximum Gasteiger partial charge on any atom is 0.253 e. The number of carbonyl (C=O) groups excluding carboxylic acids is 2. The van der Waals surface area contributed by atoms with Gasteiger partial charge in [-0.1, -0.05) is 12.1 Å². The number of nitrogens with one attached hydrogen (secondary N) is 2. The fourth-order valence-corrected chi connectivity index (χ4v) is 3.91. The first kappa shape index (κ1) is 24.2. The molecule has 2 rings (SSSR count). The van der Waals surface area contributed by atoms with E-state index in [4.69, 9.17) is 9.47 Å². The van der Waals surface area contributed by atoms with Gasteiger partial charge in [-0.3, -0.25) is 9.59 Å². The van der Waals surface area contributed by atoms with Gasteiger partial charge in [0.15, 0.2) is 11.5 Å². The van der Waals surface area contributed by atoms with Crippen molar-refractivity contribution in [3.05, 3.63) is 48.0 Å². The number of hydrogen-bond donors (Lipinski definition) is 2. The molecule has 0 aromatic heterocycles. The Bertz CT molecular complexity index is 1050. The molecular formula is C21H27N3O6S. The third-order valence-corrected chi connectivity index (χ3v) is 6.09. The Morgan fingerprint density at radius 2 is 1.68 bits per heavy atom. The highest BCUT2D eigenvalue weighted by Crippen LogP contribution is 2.30. The largest absolute Gasteiger partial charge is 0.493 e. The number of anilines is 1. The van der Waals surface area contributed by atoms with E-state index in [0.717, 1.165) is 4.31 Å². The number of carbonyl (C=O) groups is 2. The number of amides is 2. The first-order valence-electron chi connectivity index (χ1n) is 9.48. The predicted octanol–water partition coefficient (Wildman–Crippen LogP) is 2.10. The van der Waals surface area contributed by atoms with Crippen LogP contribution in [-0.4, -0.2) is 58.4 Å². The molecule has 168 valence electrons. The van der Waals surface area contributed by atoms with Crippen LogP contribution in [-0.2, 0) is 14.8 Å². The van der Waals surface area contributed by atoms with E-state index in [1.807, 2.05) is 13.8 Å². The minimum atomic E-state index is -3.97. The van der Waals surface area contributed by atoms with Gasteiger partial charge in [-0.15, -0.1) is 0 Å². The van der Waals surface area contributed by atoms with Crippen molar-refractivity contribution < 1.29 is 27.5 Å². The first-order chi connectivity index (χ1) is 14.6. The van der Waals surface area contributed by atoms with Crippen molar-refractivity contribution in [1.29, 1.82) is 0 Å². The van der Waals surface area contributed by atoms with E-state index in [1.165, 1.54) is 39.5 Å². The summed E-state index contributed by atoms with van der Waals surface area (Å²) in [6.45, 7) is 3.21. The van der Waals surface area contributed by atoms with Gasteiger partial charge in [0.2, 0.25) is 15.9 Å². The standard InChI is InChI=1S/C21H27N3O6S/c1-14(2)22-21(26)16-8-6-7-9-17(16)23-20(25)13-24(3)31(27,28)15-10-11-18(29-4)19(12-15)30-5/h6-12,14H,13H2,1-5H3,(H,22,26)(H,23,25). The average molecular weight is 450 g/mol. The first-order valence-corrected chi connectivity index (χ1v) is 10.9. The van der Waals surface area contributed by atoms with Gasteiger partial charge in [0.05, 0.1) is 36.9 Å². The molecule has 0 spiro atoms. The molecule has 2 aromatic carbocycles. The SMILES string of the molecule is COc1ccc(S(=O)(=O)N(C)CC(=O)Nc2ccccc2C(=O)NC(C)C)cc1OC. The fourth-order valence-electron chi connectivity index (χ4n) is 2.76. The third kappa shape index (κ3) is 5.96. The van der Waals surface area contributed by atoms with Crippen LogP contribution in [0.4, 0.5) is 5.69 Å². The van der Waals surface area contributed by atoms with Gasteiger partial charge >= 0.3 is 0 Å². The van der Waals surface area contributed by atoms with Crippen molar-refractivity contribution in [3.8, 4) is 11.5 Å². The van der Waals surface area contributed by atoms with Crippen LogP contribution in [0.15, 0.2) is 47.4 Å². The van der Waals surface area contributed by atoms with Crippen LogP contribution in [0.5, 0.6) is 11.5 Å². The van der Waals surface area contributed by atoms with Crippen LogP contribution < -0.4 is 20.1 Å². The van der Waals surface area contributed by atoms with Gasteiger partial charge in [0.1, 0.15) is 0 Å². The molecule has 0 heterocycles. The smallest absolute Gasteiger partial charge is 0.253 e. The zero-order chi connectivity index (χ0) is 23.2. The molecule has 0 aliphatic rings. The van der Waals surface area contributed by atoms with Gasteiger partial charge in [0.25, 0.3) is 5.91 Å². The van der Waals surface area contributed by atoms with Crippen molar-refractivity contribution in [3.63, 3.8) is 0 Å². The van der Waals surface area contributed by atoms with E-state index in [1.54, 1.807) is 24.3 Å². The molecule has 2 aromatic rings. The Morgan fingerprint density at radius 1 is 1.03 bits per heavy atom. The number of sulfonamides is 1. The lowest BCUT2D eigenvalue weighted by atomic mass is 10.1. The van der Waals surface area contributed by atoms with Crippen LogP contribution >= 0.6 is 0 Å². The lowest BCUT2D eigenvalue weighted by molar-refractivity contribution is -0.116. The van der Waals surface area contributed by atoms with Gasteiger partial charge in [0, 0.05) is 19.2 Å². The topological polar surface area (TPSA) is 114 Å². The lowest BCUT2D eigenvalue weighted by Gasteiger charge is -2.19. The molecule has 0 fully saturated rings. The maximum absolute atomic E-state index is 12.9. The maximum atomic E-state index is 12.9. The van der Waals surface area contributed by atoms with Crippen LogP contribution in [0.25, 0.3) is 0 Å². The predicted molar refractivity (Wildman–Crippen MR) is 117 cm³/mol. The molecular weight excluding hydrogens is 422 g/mol. The van der Waals surface area contributed by atoms with Crippen molar-refractivity contribution in [2.45, 2.75) is 24.8 Å². The van der Waals surface area contributed by atoms with Gasteiger partial charge in [-0.25, -0.2) is 8.42 Å².